The molecule has 1 aromatic carbocycles. The molecule has 0 atom stereocenters. The smallest absolute Gasteiger partial charge is 0.286 e. The molecule has 1 heterocycles. The van der Waals surface area contributed by atoms with Crippen LogP contribution in [0.25, 0.3) is 6.08 Å². The molecule has 0 saturated carbocycles. The van der Waals surface area contributed by atoms with Crippen LogP contribution in [-0.2, 0) is 9.59 Å². The van der Waals surface area contributed by atoms with Gasteiger partial charge in [-0.2, -0.15) is 4.99 Å². The topological polar surface area (TPSA) is 58.5 Å². The van der Waals surface area contributed by atoms with Crippen molar-refractivity contribution in [2.75, 3.05) is 0 Å². The highest BCUT2D eigenvalue weighted by Crippen LogP contribution is 2.27. The zero-order valence-electron chi connectivity index (χ0n) is 10.1. The molecule has 0 unspecified atom stereocenters. The van der Waals surface area contributed by atoms with Crippen molar-refractivity contribution in [1.29, 1.82) is 0 Å². The predicted octanol–water partition coefficient (Wildman–Crippen LogP) is 2.10. The maximum absolute atomic E-state index is 11.6. The molecule has 0 radical (unpaired) electrons. The van der Waals surface area contributed by atoms with Crippen LogP contribution in [-0.4, -0.2) is 17.0 Å². The first kappa shape index (κ1) is 12.6. The monoisotopic (exact) mass is 260 g/mol. The Morgan fingerprint density at radius 1 is 1.33 bits per heavy atom. The van der Waals surface area contributed by atoms with E-state index in [0.717, 1.165) is 11.1 Å². The Morgan fingerprint density at radius 2 is 2.00 bits per heavy atom. The Labute approximate surface area is 109 Å². The molecule has 2 amide bonds. The van der Waals surface area contributed by atoms with Gasteiger partial charge < -0.3 is 5.32 Å². The summed E-state index contributed by atoms with van der Waals surface area (Å²) < 4.78 is 0. The second-order valence-electron chi connectivity index (χ2n) is 3.92. The van der Waals surface area contributed by atoms with Crippen molar-refractivity contribution in [2.45, 2.75) is 13.8 Å². The van der Waals surface area contributed by atoms with Gasteiger partial charge in [0.2, 0.25) is 5.91 Å². The van der Waals surface area contributed by atoms with Gasteiger partial charge >= 0.3 is 0 Å². The second-order valence-corrected chi connectivity index (χ2v) is 4.96. The molecule has 4 nitrogen and oxygen atoms in total. The quantitative estimate of drug-likeness (QED) is 0.787. The van der Waals surface area contributed by atoms with Crippen molar-refractivity contribution in [1.82, 2.24) is 5.32 Å². The SMILES string of the molecule is CC(=O)NC1=NC(=O)/C(=C\c2ccc(C)cc2)S1. The molecule has 1 aliphatic rings. The van der Waals surface area contributed by atoms with Crippen LogP contribution in [0.4, 0.5) is 0 Å². The summed E-state index contributed by atoms with van der Waals surface area (Å²) in [7, 11) is 0. The second kappa shape index (κ2) is 5.18. The molecular weight excluding hydrogens is 248 g/mol. The number of aliphatic imine (C=N–C) groups is 1. The zero-order valence-corrected chi connectivity index (χ0v) is 10.9. The number of hydrogen-bond acceptors (Lipinski definition) is 3. The molecule has 0 bridgehead atoms. The lowest BCUT2D eigenvalue weighted by molar-refractivity contribution is -0.117. The average Bonchev–Trinajstić information content (AvgIpc) is 2.61. The standard InChI is InChI=1S/C13H12N2O2S/c1-8-3-5-10(6-4-8)7-11-12(17)15-13(18-11)14-9(2)16/h3-7H,1-2H3,(H,14,15,16,17)/b11-7+. The van der Waals surface area contributed by atoms with E-state index >= 15 is 0 Å². The molecule has 1 aliphatic heterocycles. The van der Waals surface area contributed by atoms with E-state index in [4.69, 9.17) is 0 Å². The number of benzene rings is 1. The third-order valence-electron chi connectivity index (χ3n) is 2.28. The van der Waals surface area contributed by atoms with Crippen LogP contribution in [0, 0.1) is 6.92 Å². The number of thioether (sulfide) groups is 1. The number of amidine groups is 1. The van der Waals surface area contributed by atoms with E-state index in [1.165, 1.54) is 18.7 Å². The van der Waals surface area contributed by atoms with Gasteiger partial charge in [0.1, 0.15) is 0 Å². The lowest BCUT2D eigenvalue weighted by Crippen LogP contribution is -2.23. The lowest BCUT2D eigenvalue weighted by Gasteiger charge is -1.98. The number of hydrogen-bond donors (Lipinski definition) is 1. The summed E-state index contributed by atoms with van der Waals surface area (Å²) >= 11 is 1.18. The molecule has 0 aromatic heterocycles. The minimum absolute atomic E-state index is 0.231. The van der Waals surface area contributed by atoms with Crippen LogP contribution >= 0.6 is 11.8 Å². The number of aryl methyl sites for hydroxylation is 1. The molecule has 0 saturated heterocycles. The summed E-state index contributed by atoms with van der Waals surface area (Å²) in [6.45, 7) is 3.39. The average molecular weight is 260 g/mol. The van der Waals surface area contributed by atoms with Crippen LogP contribution in [0.15, 0.2) is 34.2 Å². The van der Waals surface area contributed by atoms with Crippen LogP contribution in [0.5, 0.6) is 0 Å². The molecule has 0 aliphatic carbocycles. The summed E-state index contributed by atoms with van der Waals surface area (Å²) in [6, 6.07) is 7.83. The van der Waals surface area contributed by atoms with Crippen LogP contribution in [0.1, 0.15) is 18.1 Å². The highest BCUT2D eigenvalue weighted by atomic mass is 32.2. The molecule has 18 heavy (non-hydrogen) atoms. The van der Waals surface area contributed by atoms with E-state index in [1.807, 2.05) is 31.2 Å². The summed E-state index contributed by atoms with van der Waals surface area (Å²) in [5.74, 6) is -0.546. The maximum Gasteiger partial charge on any atom is 0.286 e. The number of nitrogens with zero attached hydrogens (tertiary/aromatic N) is 1. The Kier molecular flexibility index (Phi) is 3.62. The van der Waals surface area contributed by atoms with Crippen molar-refractivity contribution in [3.63, 3.8) is 0 Å². The summed E-state index contributed by atoms with van der Waals surface area (Å²) in [5.41, 5.74) is 2.11. The van der Waals surface area contributed by atoms with Gasteiger partial charge in [-0.1, -0.05) is 29.8 Å². The van der Waals surface area contributed by atoms with Crippen molar-refractivity contribution >= 4 is 34.8 Å². The minimum Gasteiger partial charge on any atom is -0.305 e. The summed E-state index contributed by atoms with van der Waals surface area (Å²) in [6.07, 6.45) is 1.77. The lowest BCUT2D eigenvalue weighted by atomic mass is 10.1. The van der Waals surface area contributed by atoms with E-state index in [2.05, 4.69) is 10.3 Å². The molecule has 92 valence electrons. The molecule has 1 aromatic rings. The first-order valence-corrected chi connectivity index (χ1v) is 6.23. The van der Waals surface area contributed by atoms with Gasteiger partial charge in [-0.3, -0.25) is 9.59 Å². The fraction of sp³-hybridized carbons (Fsp3) is 0.154. The van der Waals surface area contributed by atoms with Crippen molar-refractivity contribution in [3.05, 3.63) is 40.3 Å². The fourth-order valence-corrected chi connectivity index (χ4v) is 2.29. The molecule has 0 spiro atoms. The molecule has 1 N–H and O–H groups in total. The third-order valence-corrected chi connectivity index (χ3v) is 3.18. The van der Waals surface area contributed by atoms with E-state index in [1.54, 1.807) is 6.08 Å². The molecule has 5 heteroatoms. The molecule has 0 fully saturated rings. The van der Waals surface area contributed by atoms with Gasteiger partial charge in [0.25, 0.3) is 5.91 Å². The van der Waals surface area contributed by atoms with Gasteiger partial charge in [-0.05, 0) is 30.3 Å². The number of carbonyl (C=O) groups is 2. The number of carbonyl (C=O) groups excluding carboxylic acids is 2. The highest BCUT2D eigenvalue weighted by molar-refractivity contribution is 8.18. The van der Waals surface area contributed by atoms with Gasteiger partial charge in [-0.25, -0.2) is 0 Å². The first-order chi connectivity index (χ1) is 8.54. The normalized spacial score (nSPS) is 16.9. The third kappa shape index (κ3) is 3.07. The number of rotatable bonds is 1. The Balaban J connectivity index is 2.15. The van der Waals surface area contributed by atoms with Gasteiger partial charge in [0.15, 0.2) is 5.17 Å². The Morgan fingerprint density at radius 3 is 2.61 bits per heavy atom. The van der Waals surface area contributed by atoms with Crippen LogP contribution in [0.3, 0.4) is 0 Å². The van der Waals surface area contributed by atoms with Gasteiger partial charge in [-0.15, -0.1) is 0 Å². The first-order valence-electron chi connectivity index (χ1n) is 5.41. The van der Waals surface area contributed by atoms with Crippen molar-refractivity contribution in [3.8, 4) is 0 Å². The maximum atomic E-state index is 11.6. The number of amides is 2. The van der Waals surface area contributed by atoms with E-state index in [9.17, 15) is 9.59 Å². The number of nitrogens with one attached hydrogen (secondary N) is 1. The predicted molar refractivity (Wildman–Crippen MR) is 73.0 cm³/mol. The molecular formula is C13H12N2O2S. The summed E-state index contributed by atoms with van der Waals surface area (Å²) in [4.78, 5) is 26.8. The largest absolute Gasteiger partial charge is 0.305 e. The zero-order chi connectivity index (χ0) is 13.1. The summed E-state index contributed by atoms with van der Waals surface area (Å²) in [5, 5.41) is 2.85. The highest BCUT2D eigenvalue weighted by Gasteiger charge is 2.22. The fourth-order valence-electron chi connectivity index (χ4n) is 1.43. The molecule has 2 rings (SSSR count). The van der Waals surface area contributed by atoms with E-state index in [-0.39, 0.29) is 11.8 Å². The van der Waals surface area contributed by atoms with Crippen molar-refractivity contribution < 1.29 is 9.59 Å². The Bertz CT molecular complexity index is 559. The Hall–Kier alpha value is -1.88. The van der Waals surface area contributed by atoms with Gasteiger partial charge in [0, 0.05) is 6.92 Å². The van der Waals surface area contributed by atoms with Crippen LogP contribution < -0.4 is 5.32 Å². The van der Waals surface area contributed by atoms with E-state index < -0.39 is 0 Å². The van der Waals surface area contributed by atoms with E-state index in [0.29, 0.717) is 10.1 Å². The minimum atomic E-state index is -0.315. The van der Waals surface area contributed by atoms with Gasteiger partial charge in [0.05, 0.1) is 4.91 Å². The van der Waals surface area contributed by atoms with Crippen molar-refractivity contribution in [2.24, 2.45) is 4.99 Å². The van der Waals surface area contributed by atoms with Crippen LogP contribution in [0.2, 0.25) is 0 Å².